The molecule has 1 aliphatic heterocycles. The summed E-state index contributed by atoms with van der Waals surface area (Å²) in [6.07, 6.45) is -3.55. The van der Waals surface area contributed by atoms with Gasteiger partial charge in [0, 0.05) is 19.2 Å². The molecule has 6 nitrogen and oxygen atoms in total. The van der Waals surface area contributed by atoms with E-state index < -0.39 is 43.0 Å². The van der Waals surface area contributed by atoms with Crippen LogP contribution >= 0.6 is 0 Å². The van der Waals surface area contributed by atoms with E-state index in [1.807, 2.05) is 0 Å². The van der Waals surface area contributed by atoms with E-state index in [1.165, 1.54) is 6.07 Å². The zero-order valence-corrected chi connectivity index (χ0v) is 9.42. The second kappa shape index (κ2) is 4.56. The van der Waals surface area contributed by atoms with Crippen molar-refractivity contribution in [2.24, 2.45) is 11.8 Å². The van der Waals surface area contributed by atoms with E-state index in [-0.39, 0.29) is 5.69 Å². The average molecular weight is 278 g/mol. The molecule has 1 aliphatic rings. The third kappa shape index (κ3) is 2.54. The monoisotopic (exact) mass is 278 g/mol. The number of carbonyl (C=O) groups is 2. The molecule has 19 heavy (non-hydrogen) atoms. The minimum absolute atomic E-state index is 0.146. The van der Waals surface area contributed by atoms with E-state index in [9.17, 15) is 22.8 Å². The number of halogens is 3. The van der Waals surface area contributed by atoms with E-state index in [1.54, 1.807) is 0 Å². The average Bonchev–Trinajstić information content (AvgIpc) is 2.96. The molecule has 1 fully saturated rings. The summed E-state index contributed by atoms with van der Waals surface area (Å²) in [6, 6.07) is 1.21. The first-order valence-electron chi connectivity index (χ1n) is 5.30. The van der Waals surface area contributed by atoms with E-state index in [0.29, 0.717) is 0 Å². The maximum absolute atomic E-state index is 12.7. The summed E-state index contributed by atoms with van der Waals surface area (Å²) in [5.41, 5.74) is -0.146. The normalized spacial score (nSPS) is 23.6. The van der Waals surface area contributed by atoms with Crippen LogP contribution in [0, 0.1) is 11.8 Å². The van der Waals surface area contributed by atoms with Crippen LogP contribution in [0.2, 0.25) is 0 Å². The van der Waals surface area contributed by atoms with Gasteiger partial charge in [0.25, 0.3) is 5.91 Å². The van der Waals surface area contributed by atoms with E-state index in [4.69, 9.17) is 5.11 Å². The number of amides is 1. The lowest BCUT2D eigenvalue weighted by molar-refractivity contribution is -0.187. The molecule has 2 rings (SSSR count). The number of carboxylic acid groups (broad SMARTS) is 1. The van der Waals surface area contributed by atoms with E-state index >= 15 is 0 Å². The lowest BCUT2D eigenvalue weighted by Gasteiger charge is -2.17. The second-order valence-electron chi connectivity index (χ2n) is 4.19. The van der Waals surface area contributed by atoms with Gasteiger partial charge in [0.05, 0.1) is 11.8 Å². The molecule has 0 unspecified atom stereocenters. The molecular weight excluding hydrogens is 269 g/mol. The summed E-state index contributed by atoms with van der Waals surface area (Å²) < 4.78 is 42.6. The zero-order chi connectivity index (χ0) is 14.2. The first-order chi connectivity index (χ1) is 8.80. The molecule has 2 atom stereocenters. The van der Waals surface area contributed by atoms with Gasteiger partial charge < -0.3 is 14.5 Å². The van der Waals surface area contributed by atoms with Gasteiger partial charge in [-0.25, -0.2) is 0 Å². The van der Waals surface area contributed by atoms with Crippen molar-refractivity contribution in [3.05, 3.63) is 18.0 Å². The van der Waals surface area contributed by atoms with Crippen molar-refractivity contribution < 1.29 is 32.4 Å². The SMILES string of the molecule is O=C(O)[C@@H]1CN(C(=O)c2ccon2)C[C@H]1C(F)(F)F. The summed E-state index contributed by atoms with van der Waals surface area (Å²) >= 11 is 0. The molecule has 1 amide bonds. The quantitative estimate of drug-likeness (QED) is 0.872. The van der Waals surface area contributed by atoms with Crippen LogP contribution in [-0.4, -0.2) is 46.3 Å². The topological polar surface area (TPSA) is 83.6 Å². The Bertz CT molecular complexity index is 485. The van der Waals surface area contributed by atoms with E-state index in [0.717, 1.165) is 11.2 Å². The molecule has 0 bridgehead atoms. The Kier molecular flexibility index (Phi) is 3.21. The fraction of sp³-hybridized carbons (Fsp3) is 0.500. The van der Waals surface area contributed by atoms with Crippen molar-refractivity contribution in [2.75, 3.05) is 13.1 Å². The summed E-state index contributed by atoms with van der Waals surface area (Å²) in [7, 11) is 0. The predicted molar refractivity (Wildman–Crippen MR) is 53.1 cm³/mol. The summed E-state index contributed by atoms with van der Waals surface area (Å²) in [5, 5.41) is 12.1. The first-order valence-corrected chi connectivity index (χ1v) is 5.30. The molecule has 2 heterocycles. The van der Waals surface area contributed by atoms with Crippen molar-refractivity contribution in [1.29, 1.82) is 0 Å². The van der Waals surface area contributed by atoms with E-state index in [2.05, 4.69) is 9.68 Å². The van der Waals surface area contributed by atoms with Crippen LogP contribution in [-0.2, 0) is 4.79 Å². The van der Waals surface area contributed by atoms with Crippen molar-refractivity contribution in [3.8, 4) is 0 Å². The van der Waals surface area contributed by atoms with Crippen molar-refractivity contribution >= 4 is 11.9 Å². The Morgan fingerprint density at radius 2 is 2.11 bits per heavy atom. The van der Waals surface area contributed by atoms with Gasteiger partial charge in [-0.3, -0.25) is 9.59 Å². The van der Waals surface area contributed by atoms with Gasteiger partial charge in [0.1, 0.15) is 6.26 Å². The van der Waals surface area contributed by atoms with Gasteiger partial charge >= 0.3 is 12.1 Å². The number of aromatic nitrogens is 1. The highest BCUT2D eigenvalue weighted by molar-refractivity contribution is 5.92. The number of aliphatic carboxylic acids is 1. The maximum atomic E-state index is 12.7. The second-order valence-corrected chi connectivity index (χ2v) is 4.19. The van der Waals surface area contributed by atoms with Gasteiger partial charge in [0.2, 0.25) is 0 Å². The number of alkyl halides is 3. The lowest BCUT2D eigenvalue weighted by Crippen LogP contribution is -2.34. The third-order valence-electron chi connectivity index (χ3n) is 3.00. The van der Waals surface area contributed by atoms with Crippen LogP contribution in [0.3, 0.4) is 0 Å². The van der Waals surface area contributed by atoms with Crippen LogP contribution in [0.1, 0.15) is 10.5 Å². The Morgan fingerprint density at radius 3 is 2.53 bits per heavy atom. The lowest BCUT2D eigenvalue weighted by atomic mass is 9.96. The minimum atomic E-state index is -4.66. The molecule has 1 aromatic rings. The van der Waals surface area contributed by atoms with Gasteiger partial charge in [0.15, 0.2) is 5.69 Å². The molecule has 104 valence electrons. The summed E-state index contributed by atoms with van der Waals surface area (Å²) in [5.74, 6) is -6.07. The molecule has 1 aromatic heterocycles. The maximum Gasteiger partial charge on any atom is 0.394 e. The minimum Gasteiger partial charge on any atom is -0.481 e. The highest BCUT2D eigenvalue weighted by Gasteiger charge is 2.53. The molecule has 0 aromatic carbocycles. The van der Waals surface area contributed by atoms with Crippen molar-refractivity contribution in [2.45, 2.75) is 6.18 Å². The number of carboxylic acids is 1. The molecule has 9 heteroatoms. The van der Waals surface area contributed by atoms with Gasteiger partial charge in [-0.1, -0.05) is 5.16 Å². The van der Waals surface area contributed by atoms with Crippen LogP contribution in [0.15, 0.2) is 16.9 Å². The molecule has 0 saturated carbocycles. The number of hydrogen-bond donors (Lipinski definition) is 1. The number of nitrogens with zero attached hydrogens (tertiary/aromatic N) is 2. The third-order valence-corrected chi connectivity index (χ3v) is 3.00. The van der Waals surface area contributed by atoms with Crippen molar-refractivity contribution in [3.63, 3.8) is 0 Å². The first kappa shape index (κ1) is 13.4. The van der Waals surface area contributed by atoms with Crippen molar-refractivity contribution in [1.82, 2.24) is 10.1 Å². The molecule has 0 spiro atoms. The molecule has 1 N–H and O–H groups in total. The summed E-state index contributed by atoms with van der Waals surface area (Å²) in [6.45, 7) is -1.18. The number of hydrogen-bond acceptors (Lipinski definition) is 4. The van der Waals surface area contributed by atoms with Crippen LogP contribution < -0.4 is 0 Å². The fourth-order valence-electron chi connectivity index (χ4n) is 2.04. The van der Waals surface area contributed by atoms with Gasteiger partial charge in [-0.15, -0.1) is 0 Å². The summed E-state index contributed by atoms with van der Waals surface area (Å²) in [4.78, 5) is 23.5. The Hall–Kier alpha value is -2.06. The van der Waals surface area contributed by atoms with Gasteiger partial charge in [-0.05, 0) is 0 Å². The largest absolute Gasteiger partial charge is 0.481 e. The van der Waals surface area contributed by atoms with Gasteiger partial charge in [-0.2, -0.15) is 13.2 Å². The van der Waals surface area contributed by atoms with Crippen LogP contribution in [0.25, 0.3) is 0 Å². The number of carbonyl (C=O) groups excluding carboxylic acids is 1. The predicted octanol–water partition coefficient (Wildman–Crippen LogP) is 1.01. The van der Waals surface area contributed by atoms with Crippen LogP contribution in [0.5, 0.6) is 0 Å². The molecule has 0 radical (unpaired) electrons. The zero-order valence-electron chi connectivity index (χ0n) is 9.42. The highest BCUT2D eigenvalue weighted by Crippen LogP contribution is 2.38. The molecule has 1 saturated heterocycles. The number of rotatable bonds is 2. The Morgan fingerprint density at radius 1 is 1.42 bits per heavy atom. The standard InChI is InChI=1S/C10H9F3N2O4/c11-10(12,13)6-4-15(3-5(6)9(17)18)8(16)7-1-2-19-14-7/h1-2,5-6H,3-4H2,(H,17,18)/t5-,6-/m1/s1. The Balaban J connectivity index is 2.19. The van der Waals surface area contributed by atoms with Crippen LogP contribution in [0.4, 0.5) is 13.2 Å². The Labute approximate surface area is 104 Å². The highest BCUT2D eigenvalue weighted by atomic mass is 19.4. The fourth-order valence-corrected chi connectivity index (χ4v) is 2.04. The smallest absolute Gasteiger partial charge is 0.394 e. The molecular formula is C10H9F3N2O4. The molecule has 0 aliphatic carbocycles. The number of likely N-dealkylation sites (tertiary alicyclic amines) is 1.